The highest BCUT2D eigenvalue weighted by Crippen LogP contribution is 2.36. The van der Waals surface area contributed by atoms with Crippen molar-refractivity contribution in [2.45, 2.75) is 65.2 Å². The molecule has 3 aromatic rings. The monoisotopic (exact) mass is 651 g/mol. The van der Waals surface area contributed by atoms with Gasteiger partial charge in [0.25, 0.3) is 5.56 Å². The number of pyridine rings is 1. The fourth-order valence-corrected chi connectivity index (χ4v) is 5.62. The lowest BCUT2D eigenvalue weighted by atomic mass is 9.92. The zero-order valence-corrected chi connectivity index (χ0v) is 26.8. The number of hydrogen-bond donors (Lipinski definition) is 2. The van der Waals surface area contributed by atoms with Crippen molar-refractivity contribution in [3.8, 4) is 11.1 Å². The van der Waals surface area contributed by atoms with Crippen LogP contribution in [-0.2, 0) is 22.2 Å². The van der Waals surface area contributed by atoms with Crippen LogP contribution < -0.4 is 10.9 Å². The summed E-state index contributed by atoms with van der Waals surface area (Å²) in [6.45, 7) is 7.51. The molecule has 0 aliphatic rings. The standard InChI is InChI=1S/C33H38ClF4N3O4/c1-18(2)12-27(41-17-21(10-11-40(5)6)24(15-28(41)42)33(36,37)38)32(45)39-26(16-29(43)44)23-13-22(14-25(34)31(23)35)30-19(3)8-7-9-20(30)4/h7-9,13-15,17-18,26-27H,10-12,16H2,1-6H3,(H,39,45)(H,43,44)/t26-,27?/m0/s1. The van der Waals surface area contributed by atoms with Crippen LogP contribution in [0.4, 0.5) is 17.6 Å². The number of likely N-dealkylation sites (N-methyl/N-ethyl adjacent to an activating group) is 1. The molecule has 244 valence electrons. The van der Waals surface area contributed by atoms with Crippen molar-refractivity contribution in [2.24, 2.45) is 5.92 Å². The molecule has 1 heterocycles. The highest BCUT2D eigenvalue weighted by Gasteiger charge is 2.36. The SMILES string of the molecule is Cc1cccc(C)c1-c1cc(Cl)c(F)c([C@H](CC(=O)O)NC(=O)C(CC(C)C)n2cc(CCN(C)C)c(C(F)(F)F)cc2=O)c1. The molecule has 0 fully saturated rings. The zero-order valence-electron chi connectivity index (χ0n) is 26.1. The second-order valence-electron chi connectivity index (χ2n) is 11.9. The van der Waals surface area contributed by atoms with Crippen LogP contribution in [0.1, 0.15) is 66.6 Å². The van der Waals surface area contributed by atoms with Crippen molar-refractivity contribution in [1.82, 2.24) is 14.8 Å². The Labute approximate surface area is 264 Å². The maximum atomic E-state index is 15.6. The van der Waals surface area contributed by atoms with Crippen molar-refractivity contribution in [2.75, 3.05) is 20.6 Å². The highest BCUT2D eigenvalue weighted by molar-refractivity contribution is 6.31. The fourth-order valence-electron chi connectivity index (χ4n) is 5.40. The van der Waals surface area contributed by atoms with E-state index in [1.165, 1.54) is 12.1 Å². The Morgan fingerprint density at radius 1 is 1.09 bits per heavy atom. The van der Waals surface area contributed by atoms with E-state index >= 15 is 4.39 Å². The Balaban J connectivity index is 2.14. The molecular formula is C33H38ClF4N3O4. The number of alkyl halides is 3. The van der Waals surface area contributed by atoms with Crippen LogP contribution in [0.2, 0.25) is 5.02 Å². The summed E-state index contributed by atoms with van der Waals surface area (Å²) in [6.07, 6.45) is -4.48. The summed E-state index contributed by atoms with van der Waals surface area (Å²) in [4.78, 5) is 40.6. The van der Waals surface area contributed by atoms with Gasteiger partial charge in [-0.2, -0.15) is 13.2 Å². The number of carbonyl (C=O) groups excluding carboxylic acids is 1. The average Bonchev–Trinajstić information content (AvgIpc) is 2.91. The number of carbonyl (C=O) groups is 2. The molecule has 1 unspecified atom stereocenters. The number of rotatable bonds is 12. The molecule has 12 heteroatoms. The molecule has 0 saturated heterocycles. The number of benzene rings is 2. The van der Waals surface area contributed by atoms with Crippen molar-refractivity contribution in [1.29, 1.82) is 0 Å². The average molecular weight is 652 g/mol. The Kier molecular flexibility index (Phi) is 11.6. The van der Waals surface area contributed by atoms with Gasteiger partial charge in [0.1, 0.15) is 11.9 Å². The van der Waals surface area contributed by atoms with Crippen molar-refractivity contribution < 1.29 is 32.3 Å². The van der Waals surface area contributed by atoms with E-state index in [-0.39, 0.29) is 41.5 Å². The van der Waals surface area contributed by atoms with Crippen LogP contribution in [-0.4, -0.2) is 47.1 Å². The highest BCUT2D eigenvalue weighted by atomic mass is 35.5. The molecule has 2 N–H and O–H groups in total. The summed E-state index contributed by atoms with van der Waals surface area (Å²) in [6, 6.07) is 6.20. The number of nitrogens with zero attached hydrogens (tertiary/aromatic N) is 2. The largest absolute Gasteiger partial charge is 0.481 e. The number of aromatic nitrogens is 1. The maximum absolute atomic E-state index is 15.6. The summed E-state index contributed by atoms with van der Waals surface area (Å²) in [5.74, 6) is -3.30. The summed E-state index contributed by atoms with van der Waals surface area (Å²) >= 11 is 6.28. The Morgan fingerprint density at radius 3 is 2.24 bits per heavy atom. The summed E-state index contributed by atoms with van der Waals surface area (Å²) in [5.41, 5.74) is 0.539. The van der Waals surface area contributed by atoms with Crippen LogP contribution in [0.15, 0.2) is 47.4 Å². The van der Waals surface area contributed by atoms with E-state index in [0.717, 1.165) is 27.5 Å². The Bertz CT molecular complexity index is 1600. The summed E-state index contributed by atoms with van der Waals surface area (Å²) in [7, 11) is 3.39. The van der Waals surface area contributed by atoms with Crippen LogP contribution >= 0.6 is 11.6 Å². The number of aryl methyl sites for hydroxylation is 2. The first-order valence-electron chi connectivity index (χ1n) is 14.4. The van der Waals surface area contributed by atoms with Gasteiger partial charge >= 0.3 is 12.1 Å². The fraction of sp³-hybridized carbons (Fsp3) is 0.424. The third-order valence-corrected chi connectivity index (χ3v) is 7.80. The first-order valence-corrected chi connectivity index (χ1v) is 14.8. The smallest absolute Gasteiger partial charge is 0.416 e. The molecule has 2 aromatic carbocycles. The quantitative estimate of drug-likeness (QED) is 0.207. The number of halogens is 5. The van der Waals surface area contributed by atoms with Gasteiger partial charge in [-0.25, -0.2) is 4.39 Å². The summed E-state index contributed by atoms with van der Waals surface area (Å²) in [5, 5.41) is 12.0. The van der Waals surface area contributed by atoms with Crippen molar-refractivity contribution in [3.63, 3.8) is 0 Å². The number of carboxylic acids is 1. The molecule has 7 nitrogen and oxygen atoms in total. The lowest BCUT2D eigenvalue weighted by molar-refractivity contribution is -0.139. The number of hydrogen-bond acceptors (Lipinski definition) is 4. The molecule has 0 saturated carbocycles. The van der Waals surface area contributed by atoms with Gasteiger partial charge in [-0.1, -0.05) is 43.6 Å². The van der Waals surface area contributed by atoms with E-state index in [1.807, 2.05) is 32.0 Å². The number of aliphatic carboxylic acids is 1. The van der Waals surface area contributed by atoms with Gasteiger partial charge in [0.15, 0.2) is 0 Å². The minimum absolute atomic E-state index is 0.0374. The molecule has 45 heavy (non-hydrogen) atoms. The molecular weight excluding hydrogens is 614 g/mol. The van der Waals surface area contributed by atoms with E-state index in [2.05, 4.69) is 5.32 Å². The second kappa shape index (κ2) is 14.6. The van der Waals surface area contributed by atoms with Crippen LogP contribution in [0, 0.1) is 25.6 Å². The molecule has 1 amide bonds. The van der Waals surface area contributed by atoms with E-state index in [0.29, 0.717) is 11.6 Å². The van der Waals surface area contributed by atoms with Crippen molar-refractivity contribution in [3.05, 3.63) is 91.6 Å². The maximum Gasteiger partial charge on any atom is 0.416 e. The minimum atomic E-state index is -4.79. The molecule has 0 aliphatic carbocycles. The van der Waals surface area contributed by atoms with Gasteiger partial charge in [-0.05, 0) is 86.7 Å². The van der Waals surface area contributed by atoms with Crippen LogP contribution in [0.5, 0.6) is 0 Å². The van der Waals surface area contributed by atoms with Gasteiger partial charge in [-0.3, -0.25) is 14.4 Å². The minimum Gasteiger partial charge on any atom is -0.481 e. The zero-order chi connectivity index (χ0) is 33.8. The topological polar surface area (TPSA) is 91.6 Å². The molecule has 2 atom stereocenters. The molecule has 0 radical (unpaired) electrons. The third kappa shape index (κ3) is 8.94. The van der Waals surface area contributed by atoms with Gasteiger partial charge in [0.2, 0.25) is 5.91 Å². The number of amides is 1. The van der Waals surface area contributed by atoms with Gasteiger partial charge in [0.05, 0.1) is 23.0 Å². The Morgan fingerprint density at radius 2 is 1.71 bits per heavy atom. The van der Waals surface area contributed by atoms with E-state index in [9.17, 15) is 32.7 Å². The molecule has 0 aliphatic heterocycles. The van der Waals surface area contributed by atoms with E-state index in [4.69, 9.17) is 11.6 Å². The van der Waals surface area contributed by atoms with Crippen LogP contribution in [0.3, 0.4) is 0 Å². The van der Waals surface area contributed by atoms with Crippen molar-refractivity contribution >= 4 is 23.5 Å². The molecule has 1 aromatic heterocycles. The lowest BCUT2D eigenvalue weighted by Gasteiger charge is -2.27. The third-order valence-electron chi connectivity index (χ3n) is 7.53. The predicted molar refractivity (Wildman–Crippen MR) is 166 cm³/mol. The molecule has 3 rings (SSSR count). The summed E-state index contributed by atoms with van der Waals surface area (Å²) < 4.78 is 58.1. The predicted octanol–water partition coefficient (Wildman–Crippen LogP) is 6.97. The van der Waals surface area contributed by atoms with Gasteiger partial charge in [0, 0.05) is 24.4 Å². The second-order valence-corrected chi connectivity index (χ2v) is 12.3. The van der Waals surface area contributed by atoms with E-state index < -0.39 is 53.5 Å². The Hall–Kier alpha value is -3.70. The number of nitrogens with one attached hydrogen (secondary N) is 1. The molecule has 0 bridgehead atoms. The van der Waals surface area contributed by atoms with Gasteiger partial charge < -0.3 is 19.9 Å². The first kappa shape index (κ1) is 35.8. The van der Waals surface area contributed by atoms with Gasteiger partial charge in [-0.15, -0.1) is 0 Å². The number of carboxylic acid groups (broad SMARTS) is 1. The van der Waals surface area contributed by atoms with Crippen LogP contribution in [0.25, 0.3) is 11.1 Å². The molecule has 0 spiro atoms. The lowest BCUT2D eigenvalue weighted by Crippen LogP contribution is -2.41. The normalized spacial score (nSPS) is 13.3. The van der Waals surface area contributed by atoms with E-state index in [1.54, 1.807) is 32.8 Å². The first-order chi connectivity index (χ1) is 20.9.